The van der Waals surface area contributed by atoms with E-state index in [2.05, 4.69) is 5.32 Å². The zero-order valence-corrected chi connectivity index (χ0v) is 12.0. The number of phenols is 1. The number of amides is 2. The lowest BCUT2D eigenvalue weighted by Gasteiger charge is -2.14. The number of phenolic OH excluding ortho intramolecular Hbond substituents is 1. The highest BCUT2D eigenvalue weighted by atomic mass is 16.3. The van der Waals surface area contributed by atoms with Crippen LogP contribution in [0.1, 0.15) is 25.3 Å². The van der Waals surface area contributed by atoms with Crippen molar-refractivity contribution in [1.29, 1.82) is 0 Å². The van der Waals surface area contributed by atoms with E-state index in [4.69, 9.17) is 5.11 Å². The molecule has 1 aliphatic rings. The number of imide groups is 1. The van der Waals surface area contributed by atoms with E-state index in [1.807, 2.05) is 13.8 Å². The Kier molecular flexibility index (Phi) is 4.28. The number of benzene rings is 1. The van der Waals surface area contributed by atoms with Gasteiger partial charge in [-0.05, 0) is 17.5 Å². The number of carbonyl (C=O) groups excluding carboxylic acids is 2. The second kappa shape index (κ2) is 5.97. The third kappa shape index (κ3) is 3.05. The van der Waals surface area contributed by atoms with Crippen LogP contribution in [0.3, 0.4) is 0 Å². The Bertz CT molecular complexity index is 608. The van der Waals surface area contributed by atoms with E-state index >= 15 is 0 Å². The van der Waals surface area contributed by atoms with Crippen LogP contribution in [0.15, 0.2) is 30.0 Å². The maximum atomic E-state index is 12.0. The first kappa shape index (κ1) is 15.1. The van der Waals surface area contributed by atoms with Crippen molar-refractivity contribution >= 4 is 17.5 Å². The maximum absolute atomic E-state index is 12.0. The second-order valence-corrected chi connectivity index (χ2v) is 5.13. The summed E-state index contributed by atoms with van der Waals surface area (Å²) >= 11 is 0. The van der Waals surface area contributed by atoms with Crippen LogP contribution >= 0.6 is 0 Å². The predicted octanol–water partition coefficient (Wildman–Crippen LogP) is 1.17. The fraction of sp³-hybridized carbons (Fsp3) is 0.333. The van der Waals surface area contributed by atoms with Gasteiger partial charge in [0.2, 0.25) is 0 Å². The topological polar surface area (TPSA) is 89.9 Å². The molecular weight excluding hydrogens is 272 g/mol. The van der Waals surface area contributed by atoms with Crippen molar-refractivity contribution in [2.75, 3.05) is 18.5 Å². The van der Waals surface area contributed by atoms with E-state index in [0.29, 0.717) is 5.69 Å². The van der Waals surface area contributed by atoms with Crippen molar-refractivity contribution in [2.45, 2.75) is 19.8 Å². The molecule has 6 nitrogen and oxygen atoms in total. The first-order chi connectivity index (χ1) is 9.93. The average molecular weight is 290 g/mol. The van der Waals surface area contributed by atoms with Gasteiger partial charge in [0, 0.05) is 17.8 Å². The average Bonchev–Trinajstić information content (AvgIpc) is 2.66. The number of nitrogens with one attached hydrogen (secondary N) is 1. The van der Waals surface area contributed by atoms with Gasteiger partial charge in [-0.25, -0.2) is 0 Å². The van der Waals surface area contributed by atoms with E-state index in [9.17, 15) is 14.7 Å². The molecule has 112 valence electrons. The molecule has 1 heterocycles. The number of nitrogens with zero attached hydrogens (tertiary/aromatic N) is 1. The molecule has 1 aliphatic heterocycles. The molecule has 0 spiro atoms. The minimum absolute atomic E-state index is 0.0309. The Hall–Kier alpha value is -2.34. The van der Waals surface area contributed by atoms with E-state index in [-0.39, 0.29) is 30.5 Å². The van der Waals surface area contributed by atoms with Gasteiger partial charge in [0.25, 0.3) is 11.8 Å². The summed E-state index contributed by atoms with van der Waals surface area (Å²) in [4.78, 5) is 24.5. The third-order valence-corrected chi connectivity index (χ3v) is 3.26. The standard InChI is InChI=1S/C15H18N2O4/c1-9(2)11-4-3-10(7-13(11)19)16-12-8-14(20)17(5-6-18)15(12)21/h3-4,7-9,16,18-19H,5-6H2,1-2H3. The van der Waals surface area contributed by atoms with E-state index in [1.54, 1.807) is 12.1 Å². The summed E-state index contributed by atoms with van der Waals surface area (Å²) in [7, 11) is 0. The van der Waals surface area contributed by atoms with Gasteiger partial charge < -0.3 is 15.5 Å². The lowest BCUT2D eigenvalue weighted by molar-refractivity contribution is -0.137. The zero-order chi connectivity index (χ0) is 15.6. The van der Waals surface area contributed by atoms with Crippen molar-refractivity contribution < 1.29 is 19.8 Å². The molecule has 0 aromatic heterocycles. The highest BCUT2D eigenvalue weighted by Crippen LogP contribution is 2.29. The fourth-order valence-corrected chi connectivity index (χ4v) is 2.18. The number of hydrogen-bond acceptors (Lipinski definition) is 5. The Labute approximate surface area is 122 Å². The summed E-state index contributed by atoms with van der Waals surface area (Å²) in [5, 5.41) is 21.6. The summed E-state index contributed by atoms with van der Waals surface area (Å²) in [5.41, 5.74) is 1.46. The van der Waals surface area contributed by atoms with Crippen LogP contribution in [0, 0.1) is 0 Å². The summed E-state index contributed by atoms with van der Waals surface area (Å²) in [6.07, 6.45) is 1.19. The molecule has 2 rings (SSSR count). The number of aliphatic hydroxyl groups excluding tert-OH is 1. The Morgan fingerprint density at radius 3 is 2.57 bits per heavy atom. The lowest BCUT2D eigenvalue weighted by atomic mass is 10.0. The summed E-state index contributed by atoms with van der Waals surface area (Å²) < 4.78 is 0. The SMILES string of the molecule is CC(C)c1ccc(NC2=CC(=O)N(CCO)C2=O)cc1O. The molecule has 3 N–H and O–H groups in total. The van der Waals surface area contributed by atoms with Crippen LogP contribution < -0.4 is 5.32 Å². The van der Waals surface area contributed by atoms with Crippen LogP contribution in [0.4, 0.5) is 5.69 Å². The van der Waals surface area contributed by atoms with Crippen molar-refractivity contribution in [2.24, 2.45) is 0 Å². The van der Waals surface area contributed by atoms with Crippen LogP contribution in [0.25, 0.3) is 0 Å². The van der Waals surface area contributed by atoms with Crippen LogP contribution in [0.2, 0.25) is 0 Å². The van der Waals surface area contributed by atoms with Gasteiger partial charge in [0.15, 0.2) is 0 Å². The highest BCUT2D eigenvalue weighted by molar-refractivity contribution is 6.17. The molecule has 2 amide bonds. The van der Waals surface area contributed by atoms with Gasteiger partial charge in [0.05, 0.1) is 13.2 Å². The number of β-amino-alcohol motifs (C(OH)–C–C–N with tert-alkyl or cyclic N) is 1. The van der Waals surface area contributed by atoms with Gasteiger partial charge in [0.1, 0.15) is 11.4 Å². The highest BCUT2D eigenvalue weighted by Gasteiger charge is 2.30. The smallest absolute Gasteiger partial charge is 0.277 e. The maximum Gasteiger partial charge on any atom is 0.277 e. The van der Waals surface area contributed by atoms with Gasteiger partial charge in [-0.15, -0.1) is 0 Å². The minimum Gasteiger partial charge on any atom is -0.508 e. The monoisotopic (exact) mass is 290 g/mol. The predicted molar refractivity (Wildman–Crippen MR) is 77.7 cm³/mol. The molecule has 0 unspecified atom stereocenters. The van der Waals surface area contributed by atoms with Gasteiger partial charge in [-0.2, -0.15) is 0 Å². The molecule has 0 bridgehead atoms. The molecule has 0 radical (unpaired) electrons. The second-order valence-electron chi connectivity index (χ2n) is 5.13. The number of aliphatic hydroxyl groups is 1. The van der Waals surface area contributed by atoms with E-state index < -0.39 is 11.8 Å². The number of hydrogen-bond donors (Lipinski definition) is 3. The van der Waals surface area contributed by atoms with Crippen molar-refractivity contribution in [3.8, 4) is 5.75 Å². The Morgan fingerprint density at radius 2 is 2.00 bits per heavy atom. The molecule has 6 heteroatoms. The van der Waals surface area contributed by atoms with Crippen LogP contribution in [-0.2, 0) is 9.59 Å². The Morgan fingerprint density at radius 1 is 1.29 bits per heavy atom. The summed E-state index contributed by atoms with van der Waals surface area (Å²) in [5.74, 6) is -0.617. The number of rotatable bonds is 5. The number of aromatic hydroxyl groups is 1. The molecule has 0 saturated carbocycles. The first-order valence-electron chi connectivity index (χ1n) is 6.72. The molecule has 0 fully saturated rings. The first-order valence-corrected chi connectivity index (χ1v) is 6.72. The van der Waals surface area contributed by atoms with Gasteiger partial charge >= 0.3 is 0 Å². The van der Waals surface area contributed by atoms with Crippen LogP contribution in [0.5, 0.6) is 5.75 Å². The summed E-state index contributed by atoms with van der Waals surface area (Å²) in [6, 6.07) is 5.03. The molecule has 0 saturated heterocycles. The molecule has 21 heavy (non-hydrogen) atoms. The molecular formula is C15H18N2O4. The summed E-state index contributed by atoms with van der Waals surface area (Å²) in [6.45, 7) is 3.63. The third-order valence-electron chi connectivity index (χ3n) is 3.26. The zero-order valence-electron chi connectivity index (χ0n) is 12.0. The van der Waals surface area contributed by atoms with E-state index in [0.717, 1.165) is 10.5 Å². The Balaban J connectivity index is 2.16. The van der Waals surface area contributed by atoms with Gasteiger partial charge in [-0.3, -0.25) is 14.5 Å². The van der Waals surface area contributed by atoms with Gasteiger partial charge in [-0.1, -0.05) is 19.9 Å². The fourth-order valence-electron chi connectivity index (χ4n) is 2.18. The number of carbonyl (C=O) groups is 2. The molecule has 0 atom stereocenters. The van der Waals surface area contributed by atoms with Crippen molar-refractivity contribution in [3.05, 3.63) is 35.5 Å². The van der Waals surface area contributed by atoms with Crippen molar-refractivity contribution in [1.82, 2.24) is 4.90 Å². The van der Waals surface area contributed by atoms with Crippen molar-refractivity contribution in [3.63, 3.8) is 0 Å². The quantitative estimate of drug-likeness (QED) is 0.708. The molecule has 0 aliphatic carbocycles. The minimum atomic E-state index is -0.485. The number of anilines is 1. The lowest BCUT2D eigenvalue weighted by Crippen LogP contribution is -2.34. The largest absolute Gasteiger partial charge is 0.508 e. The van der Waals surface area contributed by atoms with Crippen LogP contribution in [-0.4, -0.2) is 40.1 Å². The van der Waals surface area contributed by atoms with E-state index in [1.165, 1.54) is 12.1 Å². The molecule has 1 aromatic carbocycles. The normalized spacial score (nSPS) is 14.9. The molecule has 1 aromatic rings.